The van der Waals surface area contributed by atoms with E-state index in [1.807, 2.05) is 5.32 Å². The molecule has 18 heavy (non-hydrogen) atoms. The standard InChI is InChI=1S/C11H20F3N3O/c1-17(9(18)16-8-11(12,13)14)10(7-15)5-3-2-4-6-10/h2-8,15H2,1H3,(H,16,18). The first-order valence-electron chi connectivity index (χ1n) is 6.09. The molecule has 0 aromatic rings. The second-order valence-corrected chi connectivity index (χ2v) is 4.82. The zero-order chi connectivity index (χ0) is 13.8. The van der Waals surface area contributed by atoms with Crippen molar-refractivity contribution in [1.29, 1.82) is 0 Å². The number of halogens is 3. The van der Waals surface area contributed by atoms with Crippen molar-refractivity contribution in [3.63, 3.8) is 0 Å². The molecule has 1 rings (SSSR count). The summed E-state index contributed by atoms with van der Waals surface area (Å²) in [5, 5.41) is 1.89. The molecule has 0 heterocycles. The summed E-state index contributed by atoms with van der Waals surface area (Å²) >= 11 is 0. The van der Waals surface area contributed by atoms with Crippen LogP contribution in [0.15, 0.2) is 0 Å². The molecular formula is C11H20F3N3O. The summed E-state index contributed by atoms with van der Waals surface area (Å²) in [4.78, 5) is 13.1. The summed E-state index contributed by atoms with van der Waals surface area (Å²) in [6.07, 6.45) is 0.0970. The Balaban J connectivity index is 2.60. The molecule has 1 saturated carbocycles. The first-order chi connectivity index (χ1) is 8.31. The molecule has 3 N–H and O–H groups in total. The number of nitrogens with two attached hydrogens (primary N) is 1. The van der Waals surface area contributed by atoms with Crippen LogP contribution in [0.5, 0.6) is 0 Å². The molecule has 0 aromatic carbocycles. The van der Waals surface area contributed by atoms with Crippen LogP contribution in [0.4, 0.5) is 18.0 Å². The van der Waals surface area contributed by atoms with E-state index in [2.05, 4.69) is 0 Å². The summed E-state index contributed by atoms with van der Waals surface area (Å²) in [7, 11) is 1.52. The highest BCUT2D eigenvalue weighted by Gasteiger charge is 2.38. The van der Waals surface area contributed by atoms with E-state index in [-0.39, 0.29) is 6.54 Å². The summed E-state index contributed by atoms with van der Waals surface area (Å²) in [5.41, 5.74) is 5.22. The van der Waals surface area contributed by atoms with Gasteiger partial charge in [-0.25, -0.2) is 4.79 Å². The molecule has 4 nitrogen and oxygen atoms in total. The number of likely N-dealkylation sites (N-methyl/N-ethyl adjacent to an activating group) is 1. The van der Waals surface area contributed by atoms with Crippen LogP contribution in [0.2, 0.25) is 0 Å². The Morgan fingerprint density at radius 2 is 1.89 bits per heavy atom. The highest BCUT2D eigenvalue weighted by Crippen LogP contribution is 2.32. The van der Waals surface area contributed by atoms with Crippen molar-refractivity contribution >= 4 is 6.03 Å². The molecule has 0 aliphatic heterocycles. The molecular weight excluding hydrogens is 247 g/mol. The van der Waals surface area contributed by atoms with Crippen molar-refractivity contribution in [3.05, 3.63) is 0 Å². The van der Waals surface area contributed by atoms with Gasteiger partial charge in [-0.3, -0.25) is 0 Å². The fourth-order valence-corrected chi connectivity index (χ4v) is 2.40. The number of nitrogens with zero attached hydrogens (tertiary/aromatic N) is 1. The predicted octanol–water partition coefficient (Wildman–Crippen LogP) is 1.85. The molecule has 0 radical (unpaired) electrons. The van der Waals surface area contributed by atoms with Crippen LogP contribution in [0, 0.1) is 0 Å². The maximum absolute atomic E-state index is 12.0. The number of urea groups is 1. The minimum atomic E-state index is -4.39. The molecule has 7 heteroatoms. The van der Waals surface area contributed by atoms with Gasteiger partial charge >= 0.3 is 12.2 Å². The van der Waals surface area contributed by atoms with Gasteiger partial charge in [0.1, 0.15) is 6.54 Å². The van der Waals surface area contributed by atoms with Gasteiger partial charge in [-0.2, -0.15) is 13.2 Å². The number of hydrogen-bond acceptors (Lipinski definition) is 2. The van der Waals surface area contributed by atoms with Crippen LogP contribution in [0.25, 0.3) is 0 Å². The lowest BCUT2D eigenvalue weighted by Crippen LogP contribution is -2.58. The van der Waals surface area contributed by atoms with Gasteiger partial charge in [0.05, 0.1) is 5.54 Å². The minimum absolute atomic E-state index is 0.281. The Labute approximate surface area is 105 Å². The van der Waals surface area contributed by atoms with Crippen molar-refractivity contribution in [1.82, 2.24) is 10.2 Å². The summed E-state index contributed by atoms with van der Waals surface area (Å²) in [5.74, 6) is 0. The molecule has 1 aliphatic carbocycles. The molecule has 0 spiro atoms. The predicted molar refractivity (Wildman–Crippen MR) is 62.1 cm³/mol. The van der Waals surface area contributed by atoms with E-state index in [0.29, 0.717) is 0 Å². The number of alkyl halides is 3. The number of carbonyl (C=O) groups excluding carboxylic acids is 1. The topological polar surface area (TPSA) is 58.4 Å². The maximum atomic E-state index is 12.0. The highest BCUT2D eigenvalue weighted by atomic mass is 19.4. The van der Waals surface area contributed by atoms with Gasteiger partial charge in [0.2, 0.25) is 0 Å². The van der Waals surface area contributed by atoms with Crippen LogP contribution in [0.3, 0.4) is 0 Å². The quantitative estimate of drug-likeness (QED) is 0.820. The zero-order valence-corrected chi connectivity index (χ0v) is 10.5. The molecule has 1 fully saturated rings. The van der Waals surface area contributed by atoms with Gasteiger partial charge < -0.3 is 16.0 Å². The minimum Gasteiger partial charge on any atom is -0.329 e. The molecule has 0 atom stereocenters. The lowest BCUT2D eigenvalue weighted by Gasteiger charge is -2.43. The summed E-state index contributed by atoms with van der Waals surface area (Å²) < 4.78 is 36.1. The SMILES string of the molecule is CN(C(=O)NCC(F)(F)F)C1(CN)CCCCC1. The third-order valence-corrected chi connectivity index (χ3v) is 3.62. The van der Waals surface area contributed by atoms with Crippen LogP contribution in [0.1, 0.15) is 32.1 Å². The van der Waals surface area contributed by atoms with Crippen LogP contribution >= 0.6 is 0 Å². The van der Waals surface area contributed by atoms with Gasteiger partial charge in [-0.15, -0.1) is 0 Å². The highest BCUT2D eigenvalue weighted by molar-refractivity contribution is 5.74. The Hall–Kier alpha value is -0.980. The Morgan fingerprint density at radius 1 is 1.33 bits per heavy atom. The lowest BCUT2D eigenvalue weighted by molar-refractivity contribution is -0.123. The normalized spacial score (nSPS) is 19.4. The van der Waals surface area contributed by atoms with E-state index in [1.165, 1.54) is 11.9 Å². The molecule has 0 bridgehead atoms. The Bertz CT molecular complexity index is 288. The van der Waals surface area contributed by atoms with Crippen molar-refractivity contribution in [2.45, 2.75) is 43.8 Å². The first kappa shape index (κ1) is 15.1. The van der Waals surface area contributed by atoms with Gasteiger partial charge in [0.15, 0.2) is 0 Å². The van der Waals surface area contributed by atoms with Crippen molar-refractivity contribution in [2.24, 2.45) is 5.73 Å². The van der Waals surface area contributed by atoms with Crippen LogP contribution in [-0.2, 0) is 0 Å². The van der Waals surface area contributed by atoms with Gasteiger partial charge in [0.25, 0.3) is 0 Å². The number of hydrogen-bond donors (Lipinski definition) is 2. The number of amides is 2. The van der Waals surface area contributed by atoms with Gasteiger partial charge in [0, 0.05) is 13.6 Å². The van der Waals surface area contributed by atoms with Gasteiger partial charge in [-0.1, -0.05) is 19.3 Å². The monoisotopic (exact) mass is 267 g/mol. The lowest BCUT2D eigenvalue weighted by atomic mass is 9.80. The van der Waals surface area contributed by atoms with E-state index in [0.717, 1.165) is 32.1 Å². The van der Waals surface area contributed by atoms with Gasteiger partial charge in [-0.05, 0) is 12.8 Å². The largest absolute Gasteiger partial charge is 0.405 e. The number of rotatable bonds is 3. The fourth-order valence-electron chi connectivity index (χ4n) is 2.40. The zero-order valence-electron chi connectivity index (χ0n) is 10.5. The molecule has 1 aliphatic rings. The van der Waals surface area contributed by atoms with Crippen LogP contribution in [-0.4, -0.2) is 42.8 Å². The van der Waals surface area contributed by atoms with Crippen molar-refractivity contribution in [2.75, 3.05) is 20.1 Å². The molecule has 0 aromatic heterocycles. The molecule has 106 valence electrons. The third kappa shape index (κ3) is 3.76. The fraction of sp³-hybridized carbons (Fsp3) is 0.909. The summed E-state index contributed by atoms with van der Waals surface area (Å²) in [6, 6.07) is -0.709. The van der Waals surface area contributed by atoms with E-state index >= 15 is 0 Å². The number of nitrogens with one attached hydrogen (secondary N) is 1. The second-order valence-electron chi connectivity index (χ2n) is 4.82. The van der Waals surface area contributed by atoms with Crippen LogP contribution < -0.4 is 11.1 Å². The first-order valence-corrected chi connectivity index (χ1v) is 6.09. The summed E-state index contributed by atoms with van der Waals surface area (Å²) in [6.45, 7) is -1.03. The molecule has 2 amide bonds. The third-order valence-electron chi connectivity index (χ3n) is 3.62. The number of carbonyl (C=O) groups is 1. The average molecular weight is 267 g/mol. The Kier molecular flexibility index (Phi) is 4.84. The van der Waals surface area contributed by atoms with E-state index in [1.54, 1.807) is 0 Å². The Morgan fingerprint density at radius 3 is 2.33 bits per heavy atom. The molecule has 0 saturated heterocycles. The van der Waals surface area contributed by atoms with Crippen molar-refractivity contribution in [3.8, 4) is 0 Å². The molecule has 0 unspecified atom stereocenters. The van der Waals surface area contributed by atoms with E-state index < -0.39 is 24.3 Å². The van der Waals surface area contributed by atoms with Crippen molar-refractivity contribution < 1.29 is 18.0 Å². The second kappa shape index (κ2) is 5.77. The maximum Gasteiger partial charge on any atom is 0.405 e. The van der Waals surface area contributed by atoms with E-state index in [4.69, 9.17) is 5.73 Å². The average Bonchev–Trinajstić information content (AvgIpc) is 2.35. The van der Waals surface area contributed by atoms with E-state index in [9.17, 15) is 18.0 Å². The smallest absolute Gasteiger partial charge is 0.329 e.